The molecule has 1 fully saturated rings. The van der Waals surface area contributed by atoms with E-state index in [-0.39, 0.29) is 18.0 Å². The molecule has 1 rings (SSSR count). The van der Waals surface area contributed by atoms with Crippen molar-refractivity contribution >= 4 is 5.91 Å². The standard InChI is InChI=1S/C13H27N3O/c1-9(2)15-13(17)7-12(8-14)16-11-5-4-10(3)6-11/h9-12,16H,4-8,14H2,1-3H3,(H,15,17). The van der Waals surface area contributed by atoms with Gasteiger partial charge < -0.3 is 16.4 Å². The van der Waals surface area contributed by atoms with E-state index in [9.17, 15) is 4.79 Å². The lowest BCUT2D eigenvalue weighted by Gasteiger charge is -2.22. The van der Waals surface area contributed by atoms with E-state index in [1.165, 1.54) is 19.3 Å². The van der Waals surface area contributed by atoms with Crippen LogP contribution in [-0.4, -0.2) is 30.6 Å². The lowest BCUT2D eigenvalue weighted by atomic mass is 10.1. The van der Waals surface area contributed by atoms with Gasteiger partial charge in [-0.2, -0.15) is 0 Å². The molecule has 0 aromatic heterocycles. The Kier molecular flexibility index (Phi) is 5.92. The number of rotatable bonds is 6. The Hall–Kier alpha value is -0.610. The highest BCUT2D eigenvalue weighted by Crippen LogP contribution is 2.24. The Bertz CT molecular complexity index is 243. The first-order valence-corrected chi connectivity index (χ1v) is 6.76. The zero-order valence-electron chi connectivity index (χ0n) is 11.3. The van der Waals surface area contributed by atoms with E-state index >= 15 is 0 Å². The third-order valence-corrected chi connectivity index (χ3v) is 3.33. The van der Waals surface area contributed by atoms with Crippen molar-refractivity contribution in [3.8, 4) is 0 Å². The van der Waals surface area contributed by atoms with Gasteiger partial charge in [-0.05, 0) is 39.0 Å². The van der Waals surface area contributed by atoms with Gasteiger partial charge in [-0.25, -0.2) is 0 Å². The van der Waals surface area contributed by atoms with Crippen LogP contribution in [0.5, 0.6) is 0 Å². The summed E-state index contributed by atoms with van der Waals surface area (Å²) in [7, 11) is 0. The van der Waals surface area contributed by atoms with E-state index < -0.39 is 0 Å². The molecule has 17 heavy (non-hydrogen) atoms. The molecule has 1 amide bonds. The van der Waals surface area contributed by atoms with Crippen molar-refractivity contribution in [3.63, 3.8) is 0 Å². The summed E-state index contributed by atoms with van der Waals surface area (Å²) >= 11 is 0. The molecule has 0 radical (unpaired) electrons. The van der Waals surface area contributed by atoms with Gasteiger partial charge in [0.05, 0.1) is 0 Å². The highest BCUT2D eigenvalue weighted by atomic mass is 16.1. The second-order valence-corrected chi connectivity index (χ2v) is 5.64. The van der Waals surface area contributed by atoms with Crippen LogP contribution in [0.25, 0.3) is 0 Å². The summed E-state index contributed by atoms with van der Waals surface area (Å²) in [4.78, 5) is 11.7. The van der Waals surface area contributed by atoms with Crippen LogP contribution >= 0.6 is 0 Å². The summed E-state index contributed by atoms with van der Waals surface area (Å²) in [5, 5.41) is 6.42. The van der Waals surface area contributed by atoms with Gasteiger partial charge in [0.15, 0.2) is 0 Å². The molecule has 0 bridgehead atoms. The normalized spacial score (nSPS) is 26.2. The van der Waals surface area contributed by atoms with Gasteiger partial charge in [-0.1, -0.05) is 6.92 Å². The Morgan fingerprint density at radius 1 is 1.41 bits per heavy atom. The molecule has 0 aromatic rings. The molecule has 4 heteroatoms. The van der Waals surface area contributed by atoms with Gasteiger partial charge >= 0.3 is 0 Å². The minimum absolute atomic E-state index is 0.0917. The summed E-state index contributed by atoms with van der Waals surface area (Å²) < 4.78 is 0. The van der Waals surface area contributed by atoms with E-state index in [2.05, 4.69) is 17.6 Å². The second kappa shape index (κ2) is 6.97. The number of amides is 1. The Labute approximate surface area is 105 Å². The van der Waals surface area contributed by atoms with Crippen LogP contribution in [0.15, 0.2) is 0 Å². The Balaban J connectivity index is 2.30. The first kappa shape index (κ1) is 14.5. The maximum atomic E-state index is 11.7. The minimum Gasteiger partial charge on any atom is -0.354 e. The quantitative estimate of drug-likeness (QED) is 0.650. The monoisotopic (exact) mass is 241 g/mol. The van der Waals surface area contributed by atoms with Crippen molar-refractivity contribution in [1.82, 2.24) is 10.6 Å². The van der Waals surface area contributed by atoms with Crippen LogP contribution in [0.4, 0.5) is 0 Å². The molecular formula is C13H27N3O. The highest BCUT2D eigenvalue weighted by Gasteiger charge is 2.24. The number of carbonyl (C=O) groups is 1. The first-order valence-electron chi connectivity index (χ1n) is 6.76. The fraction of sp³-hybridized carbons (Fsp3) is 0.923. The van der Waals surface area contributed by atoms with Gasteiger partial charge in [-0.15, -0.1) is 0 Å². The van der Waals surface area contributed by atoms with E-state index in [1.807, 2.05) is 13.8 Å². The van der Waals surface area contributed by atoms with Gasteiger partial charge in [0.1, 0.15) is 0 Å². The van der Waals surface area contributed by atoms with Crippen molar-refractivity contribution in [2.24, 2.45) is 11.7 Å². The van der Waals surface area contributed by atoms with Gasteiger partial charge in [-0.3, -0.25) is 4.79 Å². The molecular weight excluding hydrogens is 214 g/mol. The fourth-order valence-electron chi connectivity index (χ4n) is 2.51. The van der Waals surface area contributed by atoms with E-state index in [0.717, 1.165) is 5.92 Å². The van der Waals surface area contributed by atoms with Crippen molar-refractivity contribution in [3.05, 3.63) is 0 Å². The van der Waals surface area contributed by atoms with E-state index in [1.54, 1.807) is 0 Å². The summed E-state index contributed by atoms with van der Waals surface area (Å²) in [6.07, 6.45) is 4.19. The van der Waals surface area contributed by atoms with Crippen LogP contribution in [0.2, 0.25) is 0 Å². The molecule has 0 saturated heterocycles. The van der Waals surface area contributed by atoms with Crippen LogP contribution in [-0.2, 0) is 4.79 Å². The summed E-state index contributed by atoms with van der Waals surface area (Å²) in [6.45, 7) is 6.75. The molecule has 0 aliphatic heterocycles. The SMILES string of the molecule is CC1CCC(NC(CN)CC(=O)NC(C)C)C1. The zero-order valence-corrected chi connectivity index (χ0v) is 11.3. The molecule has 1 saturated carbocycles. The molecule has 4 N–H and O–H groups in total. The average Bonchev–Trinajstić information content (AvgIpc) is 2.61. The lowest BCUT2D eigenvalue weighted by molar-refractivity contribution is -0.122. The second-order valence-electron chi connectivity index (χ2n) is 5.64. The predicted octanol–water partition coefficient (Wildman–Crippen LogP) is 1.01. The highest BCUT2D eigenvalue weighted by molar-refractivity contribution is 5.76. The number of hydrogen-bond acceptors (Lipinski definition) is 3. The molecule has 4 nitrogen and oxygen atoms in total. The van der Waals surface area contributed by atoms with Crippen molar-refractivity contribution in [2.75, 3.05) is 6.54 Å². The maximum Gasteiger partial charge on any atom is 0.221 e. The summed E-state index contributed by atoms with van der Waals surface area (Å²) in [5.74, 6) is 0.893. The molecule has 1 aliphatic rings. The van der Waals surface area contributed by atoms with E-state index in [0.29, 0.717) is 19.0 Å². The topological polar surface area (TPSA) is 67.1 Å². The Morgan fingerprint density at radius 2 is 2.12 bits per heavy atom. The third-order valence-electron chi connectivity index (χ3n) is 3.33. The van der Waals surface area contributed by atoms with Gasteiger partial charge in [0, 0.05) is 31.1 Å². The summed E-state index contributed by atoms with van der Waals surface area (Å²) in [5.41, 5.74) is 5.72. The fourth-order valence-corrected chi connectivity index (χ4v) is 2.51. The van der Waals surface area contributed by atoms with Crippen molar-refractivity contribution in [2.45, 2.75) is 64.6 Å². The van der Waals surface area contributed by atoms with E-state index in [4.69, 9.17) is 5.73 Å². The van der Waals surface area contributed by atoms with Crippen LogP contribution in [0, 0.1) is 5.92 Å². The predicted molar refractivity (Wildman–Crippen MR) is 70.7 cm³/mol. The minimum atomic E-state index is 0.0917. The maximum absolute atomic E-state index is 11.7. The molecule has 3 unspecified atom stereocenters. The molecule has 100 valence electrons. The summed E-state index contributed by atoms with van der Waals surface area (Å²) in [6, 6.07) is 0.863. The largest absolute Gasteiger partial charge is 0.354 e. The number of carbonyl (C=O) groups excluding carboxylic acids is 1. The number of hydrogen-bond donors (Lipinski definition) is 3. The Morgan fingerprint density at radius 3 is 2.59 bits per heavy atom. The van der Waals surface area contributed by atoms with Crippen LogP contribution < -0.4 is 16.4 Å². The average molecular weight is 241 g/mol. The molecule has 3 atom stereocenters. The van der Waals surface area contributed by atoms with Gasteiger partial charge in [0.2, 0.25) is 5.91 Å². The van der Waals surface area contributed by atoms with Crippen molar-refractivity contribution in [1.29, 1.82) is 0 Å². The molecule has 0 spiro atoms. The molecule has 1 aliphatic carbocycles. The van der Waals surface area contributed by atoms with Crippen LogP contribution in [0.3, 0.4) is 0 Å². The molecule has 0 aromatic carbocycles. The number of nitrogens with two attached hydrogens (primary N) is 1. The first-order chi connectivity index (χ1) is 8.01. The smallest absolute Gasteiger partial charge is 0.221 e. The number of nitrogens with one attached hydrogen (secondary N) is 2. The third kappa shape index (κ3) is 5.50. The van der Waals surface area contributed by atoms with Gasteiger partial charge in [0.25, 0.3) is 0 Å². The lowest BCUT2D eigenvalue weighted by Crippen LogP contribution is -2.45. The van der Waals surface area contributed by atoms with Crippen molar-refractivity contribution < 1.29 is 4.79 Å². The van der Waals surface area contributed by atoms with Crippen LogP contribution in [0.1, 0.15) is 46.5 Å². The zero-order chi connectivity index (χ0) is 12.8. The molecule has 0 heterocycles.